The number of halogens is 2. The second-order valence-corrected chi connectivity index (χ2v) is 4.65. The number of oxime groups is 1. The minimum absolute atomic E-state index is 0.284. The molecule has 1 aromatic carbocycles. The molecule has 6 heteroatoms. The Morgan fingerprint density at radius 1 is 1.40 bits per heavy atom. The van der Waals surface area contributed by atoms with Crippen molar-refractivity contribution in [3.05, 3.63) is 41.9 Å². The summed E-state index contributed by atoms with van der Waals surface area (Å²) in [6.45, 7) is 2.56. The molecule has 20 heavy (non-hydrogen) atoms. The first-order chi connectivity index (χ1) is 9.74. The summed E-state index contributed by atoms with van der Waals surface area (Å²) < 4.78 is 18.1. The molecular weight excluding hydrogens is 327 g/mol. The molecule has 0 aliphatic carbocycles. The molecular formula is C14H14BrFN2O2. The van der Waals surface area contributed by atoms with E-state index in [1.807, 2.05) is 6.92 Å². The van der Waals surface area contributed by atoms with Gasteiger partial charge in [0.1, 0.15) is 23.8 Å². The van der Waals surface area contributed by atoms with E-state index in [0.29, 0.717) is 29.1 Å². The fourth-order valence-corrected chi connectivity index (χ4v) is 1.90. The Morgan fingerprint density at radius 3 is 2.80 bits per heavy atom. The van der Waals surface area contributed by atoms with E-state index in [4.69, 9.17) is 9.36 Å². The van der Waals surface area contributed by atoms with Crippen molar-refractivity contribution in [3.8, 4) is 11.3 Å². The standard InChI is InChI=1S/C14H14BrFN2O2/c1-2-7-19-17-13(9-15)14-8-12(18-20-14)10-3-5-11(16)6-4-10/h3-6,8H,2,7,9H2,1H3/b17-13+. The first kappa shape index (κ1) is 14.7. The second-order valence-electron chi connectivity index (χ2n) is 4.09. The van der Waals surface area contributed by atoms with Gasteiger partial charge in [-0.25, -0.2) is 4.39 Å². The highest BCUT2D eigenvalue weighted by Gasteiger charge is 2.12. The van der Waals surface area contributed by atoms with Crippen LogP contribution in [0.1, 0.15) is 19.1 Å². The van der Waals surface area contributed by atoms with Crippen molar-refractivity contribution in [1.29, 1.82) is 0 Å². The van der Waals surface area contributed by atoms with Crippen LogP contribution in [0.5, 0.6) is 0 Å². The second kappa shape index (κ2) is 7.19. The number of nitrogens with zero attached hydrogens (tertiary/aromatic N) is 2. The lowest BCUT2D eigenvalue weighted by Crippen LogP contribution is -2.02. The number of benzene rings is 1. The molecule has 0 spiro atoms. The van der Waals surface area contributed by atoms with Gasteiger partial charge in [0, 0.05) is 11.6 Å². The van der Waals surface area contributed by atoms with Crippen LogP contribution in [0.4, 0.5) is 4.39 Å². The molecule has 106 valence electrons. The van der Waals surface area contributed by atoms with Crippen LogP contribution in [0, 0.1) is 5.82 Å². The first-order valence-corrected chi connectivity index (χ1v) is 7.34. The van der Waals surface area contributed by atoms with Crippen LogP contribution < -0.4 is 0 Å². The van der Waals surface area contributed by atoms with Gasteiger partial charge in [-0.3, -0.25) is 0 Å². The van der Waals surface area contributed by atoms with E-state index in [2.05, 4.69) is 26.2 Å². The lowest BCUT2D eigenvalue weighted by Gasteiger charge is -1.98. The highest BCUT2D eigenvalue weighted by atomic mass is 79.9. The van der Waals surface area contributed by atoms with Gasteiger partial charge in [-0.2, -0.15) is 0 Å². The van der Waals surface area contributed by atoms with E-state index in [9.17, 15) is 4.39 Å². The summed E-state index contributed by atoms with van der Waals surface area (Å²) in [4.78, 5) is 5.14. The number of hydrogen-bond acceptors (Lipinski definition) is 4. The van der Waals surface area contributed by atoms with E-state index in [0.717, 1.165) is 12.0 Å². The van der Waals surface area contributed by atoms with Crippen molar-refractivity contribution < 1.29 is 13.8 Å². The normalized spacial score (nSPS) is 11.7. The lowest BCUT2D eigenvalue weighted by atomic mass is 10.1. The van der Waals surface area contributed by atoms with Gasteiger partial charge in [0.15, 0.2) is 5.76 Å². The van der Waals surface area contributed by atoms with Crippen molar-refractivity contribution >= 4 is 21.6 Å². The van der Waals surface area contributed by atoms with Crippen LogP contribution in [-0.2, 0) is 4.84 Å². The fourth-order valence-electron chi connectivity index (χ4n) is 1.52. The molecule has 0 atom stereocenters. The summed E-state index contributed by atoms with van der Waals surface area (Å²) in [5, 5.41) is 8.45. The van der Waals surface area contributed by atoms with Gasteiger partial charge in [0.2, 0.25) is 0 Å². The molecule has 2 rings (SSSR count). The molecule has 0 saturated carbocycles. The smallest absolute Gasteiger partial charge is 0.185 e. The van der Waals surface area contributed by atoms with Gasteiger partial charge in [0.05, 0.1) is 5.33 Å². The third-order valence-electron chi connectivity index (χ3n) is 2.53. The van der Waals surface area contributed by atoms with Gasteiger partial charge in [-0.05, 0) is 30.7 Å². The summed E-state index contributed by atoms with van der Waals surface area (Å²) in [5.41, 5.74) is 2.04. The van der Waals surface area contributed by atoms with Crippen molar-refractivity contribution in [2.75, 3.05) is 11.9 Å². The molecule has 0 saturated heterocycles. The molecule has 0 aliphatic heterocycles. The summed E-state index contributed by atoms with van der Waals surface area (Å²) in [5.74, 6) is 0.241. The van der Waals surface area contributed by atoms with Crippen molar-refractivity contribution in [2.24, 2.45) is 5.16 Å². The third-order valence-corrected chi connectivity index (χ3v) is 3.06. The summed E-state index contributed by atoms with van der Waals surface area (Å²) in [6.07, 6.45) is 0.885. The topological polar surface area (TPSA) is 47.6 Å². The maximum absolute atomic E-state index is 12.9. The SMILES string of the molecule is CCCO/N=C(\CBr)c1cc(-c2ccc(F)cc2)no1. The van der Waals surface area contributed by atoms with Crippen molar-refractivity contribution in [1.82, 2.24) is 5.16 Å². The zero-order chi connectivity index (χ0) is 14.4. The van der Waals surface area contributed by atoms with Gasteiger partial charge in [-0.15, -0.1) is 0 Å². The van der Waals surface area contributed by atoms with Crippen LogP contribution in [0.3, 0.4) is 0 Å². The summed E-state index contributed by atoms with van der Waals surface area (Å²) in [7, 11) is 0. The van der Waals surface area contributed by atoms with Gasteiger partial charge in [0.25, 0.3) is 0 Å². The summed E-state index contributed by atoms with van der Waals surface area (Å²) in [6, 6.07) is 7.81. The minimum Gasteiger partial charge on any atom is -0.395 e. The molecule has 0 unspecified atom stereocenters. The molecule has 1 aromatic heterocycles. The predicted octanol–water partition coefficient (Wildman–Crippen LogP) is 4.01. The van der Waals surface area contributed by atoms with E-state index < -0.39 is 0 Å². The number of aromatic nitrogens is 1. The maximum atomic E-state index is 12.9. The molecule has 0 fully saturated rings. The first-order valence-electron chi connectivity index (χ1n) is 6.22. The van der Waals surface area contributed by atoms with Gasteiger partial charge >= 0.3 is 0 Å². The van der Waals surface area contributed by atoms with Crippen LogP contribution >= 0.6 is 15.9 Å². The molecule has 0 bridgehead atoms. The summed E-state index contributed by atoms with van der Waals surface area (Å²) >= 11 is 3.33. The Hall–Kier alpha value is -1.69. The molecule has 0 N–H and O–H groups in total. The Balaban J connectivity index is 2.18. The fraction of sp³-hybridized carbons (Fsp3) is 0.286. The zero-order valence-electron chi connectivity index (χ0n) is 11.0. The largest absolute Gasteiger partial charge is 0.395 e. The molecule has 0 radical (unpaired) electrons. The molecule has 0 aliphatic rings. The Labute approximate surface area is 124 Å². The lowest BCUT2D eigenvalue weighted by molar-refractivity contribution is 0.144. The van der Waals surface area contributed by atoms with Gasteiger partial charge in [-0.1, -0.05) is 33.2 Å². The number of rotatable bonds is 6. The average Bonchev–Trinajstić information content (AvgIpc) is 2.94. The predicted molar refractivity (Wildman–Crippen MR) is 78.5 cm³/mol. The number of hydrogen-bond donors (Lipinski definition) is 0. The van der Waals surface area contributed by atoms with Gasteiger partial charge < -0.3 is 9.36 Å². The molecule has 0 amide bonds. The average molecular weight is 341 g/mol. The van der Waals surface area contributed by atoms with E-state index in [1.165, 1.54) is 12.1 Å². The number of alkyl halides is 1. The minimum atomic E-state index is -0.284. The third kappa shape index (κ3) is 3.66. The van der Waals surface area contributed by atoms with Crippen molar-refractivity contribution in [3.63, 3.8) is 0 Å². The van der Waals surface area contributed by atoms with Crippen LogP contribution in [0.25, 0.3) is 11.3 Å². The van der Waals surface area contributed by atoms with Crippen LogP contribution in [0.2, 0.25) is 0 Å². The Morgan fingerprint density at radius 2 is 2.15 bits per heavy atom. The monoisotopic (exact) mass is 340 g/mol. The zero-order valence-corrected chi connectivity index (χ0v) is 12.6. The highest BCUT2D eigenvalue weighted by Crippen LogP contribution is 2.20. The highest BCUT2D eigenvalue weighted by molar-refractivity contribution is 9.09. The van der Waals surface area contributed by atoms with Crippen molar-refractivity contribution in [2.45, 2.75) is 13.3 Å². The van der Waals surface area contributed by atoms with Crippen LogP contribution in [-0.4, -0.2) is 22.8 Å². The molecule has 1 heterocycles. The Bertz CT molecular complexity index is 581. The van der Waals surface area contributed by atoms with E-state index >= 15 is 0 Å². The van der Waals surface area contributed by atoms with E-state index in [1.54, 1.807) is 18.2 Å². The quantitative estimate of drug-likeness (QED) is 0.345. The molecule has 2 aromatic rings. The Kier molecular flexibility index (Phi) is 5.29. The van der Waals surface area contributed by atoms with Crippen LogP contribution in [0.15, 0.2) is 40.0 Å². The molecule has 4 nitrogen and oxygen atoms in total. The maximum Gasteiger partial charge on any atom is 0.185 e. The van der Waals surface area contributed by atoms with E-state index in [-0.39, 0.29) is 5.82 Å².